The maximum atomic E-state index is 12.8. The van der Waals surface area contributed by atoms with Crippen molar-refractivity contribution in [3.05, 3.63) is 71.3 Å². The number of benzene rings is 2. The number of nitrogens with zero attached hydrogens (tertiary/aromatic N) is 1. The van der Waals surface area contributed by atoms with Crippen molar-refractivity contribution in [3.63, 3.8) is 0 Å². The smallest absolute Gasteiger partial charge is 0.416 e. The Morgan fingerprint density at radius 1 is 1.04 bits per heavy atom. The Morgan fingerprint density at radius 3 is 2.26 bits per heavy atom. The first kappa shape index (κ1) is 20.9. The van der Waals surface area contributed by atoms with Crippen molar-refractivity contribution in [3.8, 4) is 0 Å². The number of sulfonamides is 1. The molecule has 0 bridgehead atoms. The zero-order valence-electron chi connectivity index (χ0n) is 14.4. The lowest BCUT2D eigenvalue weighted by molar-refractivity contribution is -0.141. The third-order valence-electron chi connectivity index (χ3n) is 3.73. The summed E-state index contributed by atoms with van der Waals surface area (Å²) in [7, 11) is -2.95. The highest BCUT2D eigenvalue weighted by molar-refractivity contribution is 7.88. The summed E-state index contributed by atoms with van der Waals surface area (Å²) in [6, 6.07) is 12.7. The molecule has 0 N–H and O–H groups in total. The van der Waals surface area contributed by atoms with Crippen LogP contribution in [0.2, 0.25) is 0 Å². The Bertz CT molecular complexity index is 883. The van der Waals surface area contributed by atoms with E-state index in [-0.39, 0.29) is 12.1 Å². The number of hydrogen-bond donors (Lipinski definition) is 0. The van der Waals surface area contributed by atoms with Gasteiger partial charge in [-0.2, -0.15) is 17.5 Å². The van der Waals surface area contributed by atoms with E-state index in [0.717, 1.165) is 29.6 Å². The highest BCUT2D eigenvalue weighted by atomic mass is 32.2. The van der Waals surface area contributed by atoms with Gasteiger partial charge in [0.25, 0.3) is 0 Å². The molecule has 2 rings (SSSR count). The molecular weight excluding hydrogens is 383 g/mol. The molecule has 0 amide bonds. The number of esters is 1. The minimum atomic E-state index is -4.57. The predicted octanol–water partition coefficient (Wildman–Crippen LogP) is 3.21. The maximum Gasteiger partial charge on any atom is 0.416 e. The Labute approximate surface area is 155 Å². The van der Waals surface area contributed by atoms with E-state index in [1.54, 1.807) is 30.3 Å². The topological polar surface area (TPSA) is 63.7 Å². The van der Waals surface area contributed by atoms with Crippen molar-refractivity contribution >= 4 is 16.0 Å². The van der Waals surface area contributed by atoms with Gasteiger partial charge in [0, 0.05) is 6.54 Å². The van der Waals surface area contributed by atoms with Crippen LogP contribution in [0.1, 0.15) is 16.7 Å². The van der Waals surface area contributed by atoms with Crippen molar-refractivity contribution in [2.75, 3.05) is 13.7 Å². The summed E-state index contributed by atoms with van der Waals surface area (Å²) < 4.78 is 69.5. The second kappa shape index (κ2) is 8.53. The number of methoxy groups -OCH3 is 1. The summed E-state index contributed by atoms with van der Waals surface area (Å²) in [5, 5.41) is 0. The summed E-state index contributed by atoms with van der Waals surface area (Å²) in [6.45, 7) is -0.635. The van der Waals surface area contributed by atoms with Crippen LogP contribution in [0, 0.1) is 0 Å². The van der Waals surface area contributed by atoms with Gasteiger partial charge in [-0.25, -0.2) is 8.42 Å². The molecule has 0 radical (unpaired) electrons. The highest BCUT2D eigenvalue weighted by Gasteiger charge is 2.31. The number of hydrogen-bond acceptors (Lipinski definition) is 4. The Kier molecular flexibility index (Phi) is 6.61. The third kappa shape index (κ3) is 6.07. The minimum Gasteiger partial charge on any atom is -0.468 e. The Morgan fingerprint density at radius 2 is 1.67 bits per heavy atom. The van der Waals surface area contributed by atoms with Crippen LogP contribution in [0.4, 0.5) is 13.2 Å². The number of carbonyl (C=O) groups is 1. The van der Waals surface area contributed by atoms with Gasteiger partial charge in [0.2, 0.25) is 10.0 Å². The number of alkyl halides is 3. The van der Waals surface area contributed by atoms with E-state index in [1.807, 2.05) is 0 Å². The first-order valence-electron chi connectivity index (χ1n) is 7.86. The van der Waals surface area contributed by atoms with E-state index in [4.69, 9.17) is 0 Å². The molecule has 0 spiro atoms. The van der Waals surface area contributed by atoms with Crippen LogP contribution in [0.3, 0.4) is 0 Å². The zero-order chi connectivity index (χ0) is 20.1. The normalized spacial score (nSPS) is 12.2. The van der Waals surface area contributed by atoms with E-state index in [1.165, 1.54) is 6.07 Å². The van der Waals surface area contributed by atoms with Crippen LogP contribution in [0.5, 0.6) is 0 Å². The molecule has 0 heterocycles. The van der Waals surface area contributed by atoms with Crippen LogP contribution in [0.15, 0.2) is 54.6 Å². The standard InChI is InChI=1S/C18H18F3NO4S/c1-26-17(23)12-22(11-14-6-3-2-4-7-14)27(24,25)13-15-8-5-9-16(10-15)18(19,20)21/h2-10H,11-13H2,1H3. The lowest BCUT2D eigenvalue weighted by Crippen LogP contribution is -2.36. The number of carbonyl (C=O) groups excluding carboxylic acids is 1. The van der Waals surface area contributed by atoms with E-state index in [2.05, 4.69) is 4.74 Å². The van der Waals surface area contributed by atoms with Gasteiger partial charge in [-0.1, -0.05) is 48.5 Å². The summed E-state index contributed by atoms with van der Waals surface area (Å²) in [5.41, 5.74) is -0.320. The van der Waals surface area contributed by atoms with Gasteiger partial charge in [0.15, 0.2) is 0 Å². The number of ether oxygens (including phenoxy) is 1. The van der Waals surface area contributed by atoms with Crippen LogP contribution in [-0.2, 0) is 38.0 Å². The lowest BCUT2D eigenvalue weighted by Gasteiger charge is -2.21. The van der Waals surface area contributed by atoms with Gasteiger partial charge in [-0.3, -0.25) is 4.79 Å². The molecule has 0 saturated heterocycles. The molecule has 0 aliphatic heterocycles. The minimum absolute atomic E-state index is 0.0206. The molecule has 0 fully saturated rings. The summed E-state index contributed by atoms with van der Waals surface area (Å²) in [5.74, 6) is -1.43. The van der Waals surface area contributed by atoms with Crippen LogP contribution < -0.4 is 0 Å². The SMILES string of the molecule is COC(=O)CN(Cc1ccccc1)S(=O)(=O)Cc1cccc(C(F)(F)F)c1. The summed E-state index contributed by atoms with van der Waals surface area (Å²) >= 11 is 0. The quantitative estimate of drug-likeness (QED) is 0.669. The second-order valence-electron chi connectivity index (χ2n) is 5.78. The fourth-order valence-electron chi connectivity index (χ4n) is 2.39. The molecule has 27 heavy (non-hydrogen) atoms. The molecule has 0 aliphatic rings. The van der Waals surface area contributed by atoms with Crippen molar-refractivity contribution in [1.82, 2.24) is 4.31 Å². The number of halogens is 3. The monoisotopic (exact) mass is 401 g/mol. The molecule has 0 aliphatic carbocycles. The van der Waals surface area contributed by atoms with Gasteiger partial charge in [-0.05, 0) is 17.2 Å². The zero-order valence-corrected chi connectivity index (χ0v) is 15.3. The Balaban J connectivity index is 2.29. The van der Waals surface area contributed by atoms with Crippen molar-refractivity contribution in [2.45, 2.75) is 18.5 Å². The van der Waals surface area contributed by atoms with Gasteiger partial charge in [0.1, 0.15) is 6.54 Å². The number of rotatable bonds is 7. The fraction of sp³-hybridized carbons (Fsp3) is 0.278. The van der Waals surface area contributed by atoms with Gasteiger partial charge in [-0.15, -0.1) is 0 Å². The van der Waals surface area contributed by atoms with Crippen LogP contribution in [0.25, 0.3) is 0 Å². The van der Waals surface area contributed by atoms with Gasteiger partial charge < -0.3 is 4.74 Å². The Hall–Kier alpha value is -2.39. The van der Waals surface area contributed by atoms with Gasteiger partial charge in [0.05, 0.1) is 18.4 Å². The second-order valence-corrected chi connectivity index (χ2v) is 7.75. The first-order chi connectivity index (χ1) is 12.6. The molecule has 0 aromatic heterocycles. The maximum absolute atomic E-state index is 12.8. The van der Waals surface area contributed by atoms with Crippen molar-refractivity contribution < 1.29 is 31.1 Å². The molecule has 0 atom stereocenters. The molecule has 5 nitrogen and oxygen atoms in total. The largest absolute Gasteiger partial charge is 0.468 e. The lowest BCUT2D eigenvalue weighted by atomic mass is 10.1. The average molecular weight is 401 g/mol. The molecule has 9 heteroatoms. The highest BCUT2D eigenvalue weighted by Crippen LogP contribution is 2.30. The molecule has 146 valence electrons. The van der Waals surface area contributed by atoms with E-state index in [0.29, 0.717) is 5.56 Å². The van der Waals surface area contributed by atoms with Crippen LogP contribution in [-0.4, -0.2) is 32.3 Å². The fourth-order valence-corrected chi connectivity index (χ4v) is 3.82. The molecule has 2 aromatic rings. The molecule has 0 unspecified atom stereocenters. The molecule has 2 aromatic carbocycles. The van der Waals surface area contributed by atoms with Crippen molar-refractivity contribution in [2.24, 2.45) is 0 Å². The molecular formula is C18H18F3NO4S. The summed E-state index contributed by atoms with van der Waals surface area (Å²) in [4.78, 5) is 11.6. The average Bonchev–Trinajstić information content (AvgIpc) is 2.61. The van der Waals surface area contributed by atoms with Gasteiger partial charge >= 0.3 is 12.1 Å². The van der Waals surface area contributed by atoms with E-state index < -0.39 is 40.0 Å². The summed E-state index contributed by atoms with van der Waals surface area (Å²) in [6.07, 6.45) is -4.57. The third-order valence-corrected chi connectivity index (χ3v) is 5.47. The first-order valence-corrected chi connectivity index (χ1v) is 9.47. The molecule has 0 saturated carbocycles. The van der Waals surface area contributed by atoms with Crippen LogP contribution >= 0.6 is 0 Å². The van der Waals surface area contributed by atoms with E-state index in [9.17, 15) is 26.4 Å². The van der Waals surface area contributed by atoms with Crippen molar-refractivity contribution in [1.29, 1.82) is 0 Å². The predicted molar refractivity (Wildman–Crippen MR) is 92.9 cm³/mol. The van der Waals surface area contributed by atoms with E-state index >= 15 is 0 Å².